The minimum atomic E-state index is -4.65. The molecule has 0 radical (unpaired) electrons. The lowest BCUT2D eigenvalue weighted by molar-refractivity contribution is -0.138. The molecule has 0 unspecified atom stereocenters. The van der Waals surface area contributed by atoms with Gasteiger partial charge in [-0.3, -0.25) is 9.78 Å². The zero-order valence-electron chi connectivity index (χ0n) is 11.3. The van der Waals surface area contributed by atoms with Crippen LogP contribution in [-0.4, -0.2) is 28.1 Å². The third kappa shape index (κ3) is 3.93. The summed E-state index contributed by atoms with van der Waals surface area (Å²) < 4.78 is 38.2. The molecule has 0 saturated carbocycles. The van der Waals surface area contributed by atoms with Gasteiger partial charge in [0.1, 0.15) is 5.69 Å². The van der Waals surface area contributed by atoms with E-state index in [1.54, 1.807) is 13.8 Å². The van der Waals surface area contributed by atoms with Crippen LogP contribution in [0.5, 0.6) is 0 Å². The van der Waals surface area contributed by atoms with Gasteiger partial charge in [-0.05, 0) is 25.0 Å². The Morgan fingerprint density at radius 3 is 2.45 bits per heavy atom. The Morgan fingerprint density at radius 1 is 1.35 bits per heavy atom. The van der Waals surface area contributed by atoms with Gasteiger partial charge >= 0.3 is 6.18 Å². The first-order valence-electron chi connectivity index (χ1n) is 6.26. The first-order chi connectivity index (χ1) is 9.23. The van der Waals surface area contributed by atoms with Crippen LogP contribution in [0.1, 0.15) is 42.7 Å². The number of aliphatic hydroxyl groups is 1. The SMILES string of the molecule is CCC(O)(CC)CNC(=O)c1ncccc1C(F)(F)F. The van der Waals surface area contributed by atoms with Gasteiger partial charge in [-0.2, -0.15) is 13.2 Å². The molecule has 112 valence electrons. The number of alkyl halides is 3. The van der Waals surface area contributed by atoms with Crippen LogP contribution < -0.4 is 5.32 Å². The maximum absolute atomic E-state index is 12.7. The van der Waals surface area contributed by atoms with E-state index in [0.717, 1.165) is 18.3 Å². The fraction of sp³-hybridized carbons (Fsp3) is 0.538. The summed E-state index contributed by atoms with van der Waals surface area (Å²) in [5.41, 5.74) is -2.90. The molecule has 1 amide bonds. The summed E-state index contributed by atoms with van der Waals surface area (Å²) >= 11 is 0. The molecule has 0 atom stereocenters. The van der Waals surface area contributed by atoms with Gasteiger partial charge in [-0.25, -0.2) is 0 Å². The van der Waals surface area contributed by atoms with Crippen LogP contribution in [0.2, 0.25) is 0 Å². The number of hydrogen-bond acceptors (Lipinski definition) is 3. The van der Waals surface area contributed by atoms with Crippen molar-refractivity contribution >= 4 is 5.91 Å². The number of carbonyl (C=O) groups is 1. The van der Waals surface area contributed by atoms with Crippen molar-refractivity contribution in [3.8, 4) is 0 Å². The zero-order chi connectivity index (χ0) is 15.4. The molecule has 0 fully saturated rings. The smallest absolute Gasteiger partial charge is 0.388 e. The average Bonchev–Trinajstić information content (AvgIpc) is 2.43. The molecule has 1 aromatic heterocycles. The molecule has 4 nitrogen and oxygen atoms in total. The largest absolute Gasteiger partial charge is 0.418 e. The molecule has 2 N–H and O–H groups in total. The van der Waals surface area contributed by atoms with Crippen molar-refractivity contribution in [2.75, 3.05) is 6.54 Å². The van der Waals surface area contributed by atoms with E-state index < -0.39 is 28.9 Å². The Balaban J connectivity index is 2.89. The number of carbonyl (C=O) groups excluding carboxylic acids is 1. The van der Waals surface area contributed by atoms with Gasteiger partial charge in [0.25, 0.3) is 5.91 Å². The van der Waals surface area contributed by atoms with Crippen LogP contribution in [0.15, 0.2) is 18.3 Å². The van der Waals surface area contributed by atoms with Crippen LogP contribution in [0, 0.1) is 0 Å². The number of amides is 1. The van der Waals surface area contributed by atoms with Crippen molar-refractivity contribution in [1.82, 2.24) is 10.3 Å². The molecule has 20 heavy (non-hydrogen) atoms. The second-order valence-electron chi connectivity index (χ2n) is 4.51. The summed E-state index contributed by atoms with van der Waals surface area (Å²) in [6.45, 7) is 3.35. The Morgan fingerprint density at radius 2 is 1.95 bits per heavy atom. The van der Waals surface area contributed by atoms with Crippen LogP contribution in [0.4, 0.5) is 13.2 Å². The highest BCUT2D eigenvalue weighted by atomic mass is 19.4. The minimum absolute atomic E-state index is 0.118. The molecule has 0 spiro atoms. The number of pyridine rings is 1. The number of nitrogens with zero attached hydrogens (tertiary/aromatic N) is 1. The van der Waals surface area contributed by atoms with E-state index in [2.05, 4.69) is 10.3 Å². The standard InChI is InChI=1S/C13H17F3N2O2/c1-3-12(20,4-2)8-18-11(19)10-9(13(14,15)16)6-5-7-17-10/h5-7,20H,3-4,8H2,1-2H3,(H,18,19). The maximum atomic E-state index is 12.7. The van der Waals surface area contributed by atoms with E-state index in [1.807, 2.05) is 0 Å². The van der Waals surface area contributed by atoms with Crippen molar-refractivity contribution in [1.29, 1.82) is 0 Å². The maximum Gasteiger partial charge on any atom is 0.418 e. The molecular weight excluding hydrogens is 273 g/mol. The zero-order valence-corrected chi connectivity index (χ0v) is 11.3. The van der Waals surface area contributed by atoms with Gasteiger partial charge in [0.05, 0.1) is 11.2 Å². The molecule has 1 rings (SSSR count). The fourth-order valence-corrected chi connectivity index (χ4v) is 1.64. The van der Waals surface area contributed by atoms with E-state index in [4.69, 9.17) is 0 Å². The second-order valence-corrected chi connectivity index (χ2v) is 4.51. The van der Waals surface area contributed by atoms with E-state index in [9.17, 15) is 23.1 Å². The lowest BCUT2D eigenvalue weighted by atomic mass is 9.97. The van der Waals surface area contributed by atoms with Crippen molar-refractivity contribution in [2.45, 2.75) is 38.5 Å². The Hall–Kier alpha value is -1.63. The molecule has 0 aromatic carbocycles. The normalized spacial score (nSPS) is 12.3. The second kappa shape index (κ2) is 6.21. The molecule has 0 aliphatic heterocycles. The van der Waals surface area contributed by atoms with Crippen molar-refractivity contribution < 1.29 is 23.1 Å². The lowest BCUT2D eigenvalue weighted by Crippen LogP contribution is -2.42. The van der Waals surface area contributed by atoms with Crippen LogP contribution >= 0.6 is 0 Å². The van der Waals surface area contributed by atoms with Crippen molar-refractivity contribution in [2.24, 2.45) is 0 Å². The number of aromatic nitrogens is 1. The number of hydrogen-bond donors (Lipinski definition) is 2. The fourth-order valence-electron chi connectivity index (χ4n) is 1.64. The van der Waals surface area contributed by atoms with Gasteiger partial charge in [-0.1, -0.05) is 13.8 Å². The van der Waals surface area contributed by atoms with Crippen LogP contribution in [0.3, 0.4) is 0 Å². The quantitative estimate of drug-likeness (QED) is 0.875. The minimum Gasteiger partial charge on any atom is -0.388 e. The third-order valence-electron chi connectivity index (χ3n) is 3.22. The average molecular weight is 290 g/mol. The molecule has 1 aromatic rings. The Bertz CT molecular complexity index is 471. The Labute approximate surface area is 115 Å². The summed E-state index contributed by atoms with van der Waals surface area (Å²) in [5.74, 6) is -0.946. The molecule has 0 bridgehead atoms. The predicted molar refractivity (Wildman–Crippen MR) is 67.1 cm³/mol. The van der Waals surface area contributed by atoms with Crippen LogP contribution in [-0.2, 0) is 6.18 Å². The van der Waals surface area contributed by atoms with Gasteiger partial charge in [0, 0.05) is 12.7 Å². The van der Waals surface area contributed by atoms with Crippen molar-refractivity contribution in [3.63, 3.8) is 0 Å². The van der Waals surface area contributed by atoms with E-state index in [-0.39, 0.29) is 6.54 Å². The Kier molecular flexibility index (Phi) is 5.10. The highest BCUT2D eigenvalue weighted by Gasteiger charge is 2.36. The van der Waals surface area contributed by atoms with Crippen LogP contribution in [0.25, 0.3) is 0 Å². The number of halogens is 3. The lowest BCUT2D eigenvalue weighted by Gasteiger charge is -2.25. The predicted octanol–water partition coefficient (Wildman–Crippen LogP) is 2.38. The first kappa shape index (κ1) is 16.4. The monoisotopic (exact) mass is 290 g/mol. The summed E-state index contributed by atoms with van der Waals surface area (Å²) in [6, 6.07) is 1.92. The van der Waals surface area contributed by atoms with Gasteiger partial charge in [0.2, 0.25) is 0 Å². The molecule has 0 aliphatic rings. The molecule has 0 saturated heterocycles. The first-order valence-corrected chi connectivity index (χ1v) is 6.26. The number of rotatable bonds is 5. The summed E-state index contributed by atoms with van der Waals surface area (Å²) in [6.07, 6.45) is -2.75. The molecular formula is C13H17F3N2O2. The molecule has 7 heteroatoms. The van der Waals surface area contributed by atoms with E-state index in [0.29, 0.717) is 12.8 Å². The van der Waals surface area contributed by atoms with Gasteiger partial charge in [-0.15, -0.1) is 0 Å². The van der Waals surface area contributed by atoms with Gasteiger partial charge < -0.3 is 10.4 Å². The summed E-state index contributed by atoms with van der Waals surface area (Å²) in [7, 11) is 0. The van der Waals surface area contributed by atoms with E-state index >= 15 is 0 Å². The highest BCUT2D eigenvalue weighted by molar-refractivity contribution is 5.93. The van der Waals surface area contributed by atoms with Crippen molar-refractivity contribution in [3.05, 3.63) is 29.6 Å². The third-order valence-corrected chi connectivity index (χ3v) is 3.22. The van der Waals surface area contributed by atoms with Gasteiger partial charge in [0.15, 0.2) is 0 Å². The summed E-state index contributed by atoms with van der Waals surface area (Å²) in [5, 5.41) is 12.3. The summed E-state index contributed by atoms with van der Waals surface area (Å²) in [4.78, 5) is 15.3. The highest BCUT2D eigenvalue weighted by Crippen LogP contribution is 2.30. The molecule has 1 heterocycles. The molecule has 0 aliphatic carbocycles. The van der Waals surface area contributed by atoms with E-state index in [1.165, 1.54) is 0 Å². The number of nitrogens with one attached hydrogen (secondary N) is 1. The topological polar surface area (TPSA) is 62.2 Å².